The number of sulfonamides is 1. The Morgan fingerprint density at radius 2 is 2.05 bits per heavy atom. The van der Waals surface area contributed by atoms with Crippen LogP contribution in [0.5, 0.6) is 0 Å². The number of amides is 1. The lowest BCUT2D eigenvalue weighted by Gasteiger charge is -2.24. The molecule has 0 atom stereocenters. The zero-order valence-electron chi connectivity index (χ0n) is 12.4. The van der Waals surface area contributed by atoms with Gasteiger partial charge in [0.2, 0.25) is 10.0 Å². The van der Waals surface area contributed by atoms with E-state index < -0.39 is 16.1 Å². The Morgan fingerprint density at radius 1 is 1.38 bits per heavy atom. The molecule has 0 bridgehead atoms. The maximum atomic E-state index is 11.0. The third-order valence-electron chi connectivity index (χ3n) is 2.94. The first-order valence-electron chi connectivity index (χ1n) is 6.53. The predicted octanol–water partition coefficient (Wildman–Crippen LogP) is 1.46. The molecule has 7 nitrogen and oxygen atoms in total. The first-order valence-corrected chi connectivity index (χ1v) is 8.42. The van der Waals surface area contributed by atoms with Gasteiger partial charge in [-0.25, -0.2) is 17.9 Å². The van der Waals surface area contributed by atoms with Crippen LogP contribution in [-0.4, -0.2) is 45.5 Å². The number of likely N-dealkylation sites (N-methyl/N-ethyl adjacent to an activating group) is 1. The molecule has 8 heteroatoms. The standard InChI is InChI=1S/C13H21N3O4S/c1-4-16(8-7-14-21(3,19)20)11-5-6-12(10(2)9-11)15-13(17)18/h5-6,9,14-15H,4,7-8H2,1-3H3,(H,17,18). The average molecular weight is 315 g/mol. The largest absolute Gasteiger partial charge is 0.465 e. The third-order valence-corrected chi connectivity index (χ3v) is 3.67. The first-order chi connectivity index (χ1) is 9.73. The summed E-state index contributed by atoms with van der Waals surface area (Å²) in [6, 6.07) is 5.38. The highest BCUT2D eigenvalue weighted by Gasteiger charge is 2.09. The van der Waals surface area contributed by atoms with E-state index in [2.05, 4.69) is 10.0 Å². The molecule has 0 fully saturated rings. The normalized spacial score (nSPS) is 11.2. The summed E-state index contributed by atoms with van der Waals surface area (Å²) < 4.78 is 24.5. The van der Waals surface area contributed by atoms with Crippen molar-refractivity contribution in [2.24, 2.45) is 0 Å². The van der Waals surface area contributed by atoms with Crippen molar-refractivity contribution in [3.8, 4) is 0 Å². The summed E-state index contributed by atoms with van der Waals surface area (Å²) >= 11 is 0. The van der Waals surface area contributed by atoms with Gasteiger partial charge in [0.1, 0.15) is 0 Å². The SMILES string of the molecule is CCN(CCNS(C)(=O)=O)c1ccc(NC(=O)O)c(C)c1. The van der Waals surface area contributed by atoms with Crippen LogP contribution in [0.1, 0.15) is 12.5 Å². The molecule has 0 unspecified atom stereocenters. The smallest absolute Gasteiger partial charge is 0.409 e. The van der Waals surface area contributed by atoms with E-state index >= 15 is 0 Å². The minimum absolute atomic E-state index is 0.320. The molecule has 21 heavy (non-hydrogen) atoms. The summed E-state index contributed by atoms with van der Waals surface area (Å²) in [5.41, 5.74) is 2.27. The highest BCUT2D eigenvalue weighted by Crippen LogP contribution is 2.22. The predicted molar refractivity (Wildman–Crippen MR) is 83.6 cm³/mol. The van der Waals surface area contributed by atoms with E-state index in [1.54, 1.807) is 6.07 Å². The van der Waals surface area contributed by atoms with Crippen molar-refractivity contribution >= 4 is 27.5 Å². The number of benzene rings is 1. The van der Waals surface area contributed by atoms with E-state index in [-0.39, 0.29) is 0 Å². The lowest BCUT2D eigenvalue weighted by molar-refractivity contribution is 0.209. The molecule has 3 N–H and O–H groups in total. The summed E-state index contributed by atoms with van der Waals surface area (Å²) in [6.07, 6.45) is 0.0235. The molecule has 1 rings (SSSR count). The van der Waals surface area contributed by atoms with E-state index in [9.17, 15) is 13.2 Å². The number of carboxylic acid groups (broad SMARTS) is 1. The van der Waals surface area contributed by atoms with Gasteiger partial charge in [0.25, 0.3) is 0 Å². The number of aryl methyl sites for hydroxylation is 1. The van der Waals surface area contributed by atoms with Gasteiger partial charge in [-0.05, 0) is 37.6 Å². The highest BCUT2D eigenvalue weighted by molar-refractivity contribution is 7.88. The summed E-state index contributed by atoms with van der Waals surface area (Å²) in [5, 5.41) is 11.0. The van der Waals surface area contributed by atoms with Crippen molar-refractivity contribution in [2.45, 2.75) is 13.8 Å². The van der Waals surface area contributed by atoms with E-state index in [1.165, 1.54) is 0 Å². The molecule has 0 heterocycles. The molecule has 0 aromatic heterocycles. The van der Waals surface area contributed by atoms with Crippen molar-refractivity contribution in [3.63, 3.8) is 0 Å². The number of hydrogen-bond donors (Lipinski definition) is 3. The molecule has 1 aromatic carbocycles. The van der Waals surface area contributed by atoms with Crippen molar-refractivity contribution in [1.82, 2.24) is 4.72 Å². The fraction of sp³-hybridized carbons (Fsp3) is 0.462. The zero-order valence-corrected chi connectivity index (χ0v) is 13.2. The van der Waals surface area contributed by atoms with Gasteiger partial charge in [-0.3, -0.25) is 5.32 Å². The van der Waals surface area contributed by atoms with Gasteiger partial charge >= 0.3 is 6.09 Å². The molecule has 0 aliphatic heterocycles. The van der Waals surface area contributed by atoms with Gasteiger partial charge in [-0.1, -0.05) is 0 Å². The zero-order chi connectivity index (χ0) is 16.0. The van der Waals surface area contributed by atoms with Gasteiger partial charge in [0.15, 0.2) is 0 Å². The Balaban J connectivity index is 2.77. The van der Waals surface area contributed by atoms with Gasteiger partial charge in [-0.2, -0.15) is 0 Å². The van der Waals surface area contributed by atoms with Crippen LogP contribution in [0.3, 0.4) is 0 Å². The van der Waals surface area contributed by atoms with Crippen LogP contribution in [0.2, 0.25) is 0 Å². The number of carbonyl (C=O) groups is 1. The lowest BCUT2D eigenvalue weighted by Crippen LogP contribution is -2.34. The van der Waals surface area contributed by atoms with E-state index in [1.807, 2.05) is 30.9 Å². The Kier molecular flexibility index (Phi) is 5.98. The average Bonchev–Trinajstić information content (AvgIpc) is 2.35. The minimum atomic E-state index is -3.19. The van der Waals surface area contributed by atoms with Crippen LogP contribution >= 0.6 is 0 Å². The van der Waals surface area contributed by atoms with E-state index in [0.717, 1.165) is 24.1 Å². The first kappa shape index (κ1) is 17.3. The molecule has 0 radical (unpaired) electrons. The highest BCUT2D eigenvalue weighted by atomic mass is 32.2. The van der Waals surface area contributed by atoms with E-state index in [0.29, 0.717) is 18.8 Å². The summed E-state index contributed by atoms with van der Waals surface area (Å²) in [5.74, 6) is 0. The monoisotopic (exact) mass is 315 g/mol. The lowest BCUT2D eigenvalue weighted by atomic mass is 10.1. The van der Waals surface area contributed by atoms with Crippen molar-refractivity contribution in [2.75, 3.05) is 36.1 Å². The number of hydrogen-bond acceptors (Lipinski definition) is 4. The molecule has 1 amide bonds. The molecular formula is C13H21N3O4S. The number of anilines is 2. The number of nitrogens with zero attached hydrogens (tertiary/aromatic N) is 1. The molecular weight excluding hydrogens is 294 g/mol. The summed E-state index contributed by atoms with van der Waals surface area (Å²) in [7, 11) is -3.19. The fourth-order valence-electron chi connectivity index (χ4n) is 1.94. The minimum Gasteiger partial charge on any atom is -0.465 e. The van der Waals surface area contributed by atoms with Crippen molar-refractivity contribution in [1.29, 1.82) is 0 Å². The van der Waals surface area contributed by atoms with Crippen LogP contribution in [0.4, 0.5) is 16.2 Å². The Bertz CT molecular complexity index is 601. The van der Waals surface area contributed by atoms with Crippen LogP contribution in [0.15, 0.2) is 18.2 Å². The molecule has 0 aliphatic carbocycles. The molecule has 0 saturated heterocycles. The van der Waals surface area contributed by atoms with Gasteiger partial charge in [-0.15, -0.1) is 0 Å². The van der Waals surface area contributed by atoms with Crippen molar-refractivity contribution in [3.05, 3.63) is 23.8 Å². The topological polar surface area (TPSA) is 98.7 Å². The Morgan fingerprint density at radius 3 is 2.52 bits per heavy atom. The molecule has 0 spiro atoms. The second-order valence-electron chi connectivity index (χ2n) is 4.68. The Labute approximate surface area is 125 Å². The summed E-state index contributed by atoms with van der Waals surface area (Å²) in [4.78, 5) is 12.7. The van der Waals surface area contributed by atoms with Crippen LogP contribution in [0, 0.1) is 6.92 Å². The van der Waals surface area contributed by atoms with Crippen LogP contribution in [-0.2, 0) is 10.0 Å². The van der Waals surface area contributed by atoms with Crippen molar-refractivity contribution < 1.29 is 18.3 Å². The maximum Gasteiger partial charge on any atom is 0.409 e. The molecule has 118 valence electrons. The number of rotatable bonds is 7. The molecule has 0 saturated carbocycles. The second kappa shape index (κ2) is 7.28. The van der Waals surface area contributed by atoms with Gasteiger partial charge in [0, 0.05) is 31.0 Å². The van der Waals surface area contributed by atoms with Gasteiger partial charge in [0.05, 0.1) is 6.26 Å². The molecule has 0 aliphatic rings. The maximum absolute atomic E-state index is 11.0. The second-order valence-corrected chi connectivity index (χ2v) is 6.51. The summed E-state index contributed by atoms with van der Waals surface area (Å²) in [6.45, 7) is 5.36. The Hall–Kier alpha value is -1.80. The molecule has 1 aromatic rings. The van der Waals surface area contributed by atoms with Crippen LogP contribution in [0.25, 0.3) is 0 Å². The fourth-order valence-corrected chi connectivity index (χ4v) is 2.40. The van der Waals surface area contributed by atoms with Crippen LogP contribution < -0.4 is 14.9 Å². The third kappa shape index (κ3) is 6.01. The quantitative estimate of drug-likeness (QED) is 0.707. The van der Waals surface area contributed by atoms with E-state index in [4.69, 9.17) is 5.11 Å². The van der Waals surface area contributed by atoms with Gasteiger partial charge < -0.3 is 10.0 Å². The number of nitrogens with one attached hydrogen (secondary N) is 2.